The molecule has 2 rings (SSSR count). The zero-order valence-electron chi connectivity index (χ0n) is 13.2. The van der Waals surface area contributed by atoms with Gasteiger partial charge in [-0.05, 0) is 44.8 Å². The van der Waals surface area contributed by atoms with E-state index in [9.17, 15) is 9.59 Å². The molecule has 1 aliphatic heterocycles. The van der Waals surface area contributed by atoms with E-state index in [1.54, 1.807) is 0 Å². The van der Waals surface area contributed by atoms with Crippen LogP contribution in [0.3, 0.4) is 0 Å². The summed E-state index contributed by atoms with van der Waals surface area (Å²) >= 11 is 0. The first-order valence-corrected chi connectivity index (χ1v) is 7.60. The van der Waals surface area contributed by atoms with Crippen molar-refractivity contribution in [3.8, 4) is 0 Å². The van der Waals surface area contributed by atoms with E-state index in [1.165, 1.54) is 12.5 Å². The quantitative estimate of drug-likeness (QED) is 0.550. The number of carbonyl (C=O) groups is 2. The van der Waals surface area contributed by atoms with E-state index < -0.39 is 0 Å². The van der Waals surface area contributed by atoms with Gasteiger partial charge in [-0.2, -0.15) is 0 Å². The van der Waals surface area contributed by atoms with Crippen molar-refractivity contribution in [3.63, 3.8) is 0 Å². The molecule has 0 amide bonds. The molecule has 0 aromatic carbocycles. The molecule has 0 N–H and O–H groups in total. The van der Waals surface area contributed by atoms with E-state index >= 15 is 0 Å². The lowest BCUT2D eigenvalue weighted by atomic mass is 9.83. The molecule has 0 bridgehead atoms. The standard InChI is InChI=1S/C17H24O4/c1-10-6-5-7-11(2)15(20-13(4)18)9-14-12(3)17(19)21-16(14)8-10/h7-8,12,14-16H,5-6,9H2,1-4H3/t12-,14-,15?,16+/m0/s1. The van der Waals surface area contributed by atoms with Crippen molar-refractivity contribution in [2.45, 2.75) is 59.2 Å². The Morgan fingerprint density at radius 3 is 2.76 bits per heavy atom. The monoisotopic (exact) mass is 292 g/mol. The fourth-order valence-corrected chi connectivity index (χ4v) is 3.08. The van der Waals surface area contributed by atoms with Gasteiger partial charge in [-0.25, -0.2) is 0 Å². The van der Waals surface area contributed by atoms with Gasteiger partial charge in [0.1, 0.15) is 12.2 Å². The first-order chi connectivity index (χ1) is 9.88. The van der Waals surface area contributed by atoms with Crippen LogP contribution in [0.1, 0.15) is 47.0 Å². The summed E-state index contributed by atoms with van der Waals surface area (Å²) in [5.74, 6) is -0.551. The van der Waals surface area contributed by atoms with E-state index in [1.807, 2.05) is 13.8 Å². The van der Waals surface area contributed by atoms with Gasteiger partial charge in [0.05, 0.1) is 5.92 Å². The highest BCUT2D eigenvalue weighted by Crippen LogP contribution is 2.36. The number of allylic oxidation sites excluding steroid dienone is 2. The molecule has 4 heteroatoms. The Morgan fingerprint density at radius 2 is 2.10 bits per heavy atom. The fraction of sp³-hybridized carbons (Fsp3) is 0.647. The molecule has 0 aromatic rings. The third-order valence-corrected chi connectivity index (χ3v) is 4.44. The Labute approximate surface area is 126 Å². The third-order valence-electron chi connectivity index (χ3n) is 4.44. The largest absolute Gasteiger partial charge is 0.458 e. The summed E-state index contributed by atoms with van der Waals surface area (Å²) in [5, 5.41) is 0. The summed E-state index contributed by atoms with van der Waals surface area (Å²) < 4.78 is 11.0. The van der Waals surface area contributed by atoms with Crippen molar-refractivity contribution in [1.82, 2.24) is 0 Å². The average molecular weight is 292 g/mol. The maximum atomic E-state index is 11.9. The van der Waals surface area contributed by atoms with E-state index in [0.717, 1.165) is 18.4 Å². The van der Waals surface area contributed by atoms with Crippen LogP contribution < -0.4 is 0 Å². The van der Waals surface area contributed by atoms with Crippen LogP contribution in [0.15, 0.2) is 23.3 Å². The molecule has 1 unspecified atom stereocenters. The molecular weight excluding hydrogens is 268 g/mol. The molecule has 1 saturated heterocycles. The first kappa shape index (κ1) is 15.8. The number of ether oxygens (including phenoxy) is 2. The van der Waals surface area contributed by atoms with Gasteiger partial charge >= 0.3 is 11.9 Å². The Balaban J connectivity index is 2.29. The highest BCUT2D eigenvalue weighted by Gasteiger charge is 2.42. The Morgan fingerprint density at radius 1 is 1.38 bits per heavy atom. The van der Waals surface area contributed by atoms with E-state index in [4.69, 9.17) is 9.47 Å². The van der Waals surface area contributed by atoms with Gasteiger partial charge in [-0.1, -0.05) is 18.6 Å². The molecule has 1 heterocycles. The maximum absolute atomic E-state index is 11.9. The van der Waals surface area contributed by atoms with Crippen molar-refractivity contribution >= 4 is 11.9 Å². The lowest BCUT2D eigenvalue weighted by Gasteiger charge is -2.25. The van der Waals surface area contributed by atoms with Gasteiger partial charge in [0.15, 0.2) is 0 Å². The van der Waals surface area contributed by atoms with Crippen LogP contribution in [-0.2, 0) is 19.1 Å². The minimum absolute atomic E-state index is 0.0539. The van der Waals surface area contributed by atoms with Gasteiger partial charge in [-0.3, -0.25) is 9.59 Å². The van der Waals surface area contributed by atoms with Crippen LogP contribution in [0.25, 0.3) is 0 Å². The van der Waals surface area contributed by atoms with Gasteiger partial charge in [-0.15, -0.1) is 0 Å². The van der Waals surface area contributed by atoms with Crippen LogP contribution >= 0.6 is 0 Å². The third kappa shape index (κ3) is 3.74. The maximum Gasteiger partial charge on any atom is 0.309 e. The van der Waals surface area contributed by atoms with Crippen LogP contribution in [-0.4, -0.2) is 24.1 Å². The van der Waals surface area contributed by atoms with Crippen LogP contribution in [0.5, 0.6) is 0 Å². The molecule has 0 aromatic heterocycles. The predicted molar refractivity (Wildman–Crippen MR) is 79.5 cm³/mol. The van der Waals surface area contributed by atoms with Crippen molar-refractivity contribution in [1.29, 1.82) is 0 Å². The average Bonchev–Trinajstić information content (AvgIpc) is 2.64. The fourth-order valence-electron chi connectivity index (χ4n) is 3.08. The zero-order valence-corrected chi connectivity index (χ0v) is 13.2. The Bertz CT molecular complexity index is 489. The van der Waals surface area contributed by atoms with Crippen molar-refractivity contribution in [3.05, 3.63) is 23.3 Å². The number of hydrogen-bond donors (Lipinski definition) is 0. The summed E-state index contributed by atoms with van der Waals surface area (Å²) in [5.41, 5.74) is 2.30. The van der Waals surface area contributed by atoms with Gasteiger partial charge < -0.3 is 9.47 Å². The lowest BCUT2D eigenvalue weighted by Crippen LogP contribution is -2.28. The smallest absolute Gasteiger partial charge is 0.309 e. The highest BCUT2D eigenvalue weighted by atomic mass is 16.6. The number of hydrogen-bond acceptors (Lipinski definition) is 4. The van der Waals surface area contributed by atoms with Gasteiger partial charge in [0, 0.05) is 12.8 Å². The molecule has 21 heavy (non-hydrogen) atoms. The molecule has 0 radical (unpaired) electrons. The number of carbonyl (C=O) groups excluding carboxylic acids is 2. The zero-order chi connectivity index (χ0) is 15.6. The first-order valence-electron chi connectivity index (χ1n) is 7.60. The molecule has 1 aliphatic carbocycles. The van der Waals surface area contributed by atoms with Crippen LogP contribution in [0, 0.1) is 11.8 Å². The van der Waals surface area contributed by atoms with Crippen molar-refractivity contribution in [2.75, 3.05) is 0 Å². The second kappa shape index (κ2) is 6.46. The highest BCUT2D eigenvalue weighted by molar-refractivity contribution is 5.75. The second-order valence-electron chi connectivity index (χ2n) is 6.19. The van der Waals surface area contributed by atoms with Crippen molar-refractivity contribution < 1.29 is 19.1 Å². The summed E-state index contributed by atoms with van der Waals surface area (Å²) in [4.78, 5) is 23.2. The second-order valence-corrected chi connectivity index (χ2v) is 6.19. The number of esters is 2. The molecule has 116 valence electrons. The molecule has 0 saturated carbocycles. The SMILES string of the molecule is CC(=O)OC1C[C@H]2[C@H](C)C(=O)O[C@@H]2C=C(C)CCC=C1C. The molecule has 2 aliphatic rings. The van der Waals surface area contributed by atoms with Crippen LogP contribution in [0.2, 0.25) is 0 Å². The lowest BCUT2D eigenvalue weighted by molar-refractivity contribution is -0.145. The topological polar surface area (TPSA) is 52.6 Å². The van der Waals surface area contributed by atoms with Gasteiger partial charge in [0.2, 0.25) is 0 Å². The normalized spacial score (nSPS) is 33.4. The minimum Gasteiger partial charge on any atom is -0.458 e. The van der Waals surface area contributed by atoms with E-state index in [2.05, 4.69) is 19.1 Å². The van der Waals surface area contributed by atoms with Crippen molar-refractivity contribution in [2.24, 2.45) is 11.8 Å². The predicted octanol–water partition coefficient (Wildman–Crippen LogP) is 3.17. The van der Waals surface area contributed by atoms with Gasteiger partial charge in [0.25, 0.3) is 0 Å². The summed E-state index contributed by atoms with van der Waals surface area (Å²) in [6.07, 6.45) is 6.20. The summed E-state index contributed by atoms with van der Waals surface area (Å²) in [6, 6.07) is 0. The number of fused-ring (bicyclic) bond motifs is 1. The Kier molecular flexibility index (Phi) is 4.86. The molecule has 4 atom stereocenters. The van der Waals surface area contributed by atoms with E-state index in [0.29, 0.717) is 6.42 Å². The molecule has 4 nitrogen and oxygen atoms in total. The number of rotatable bonds is 1. The molecular formula is C17H24O4. The molecule has 1 fully saturated rings. The van der Waals surface area contributed by atoms with Crippen LogP contribution in [0.4, 0.5) is 0 Å². The minimum atomic E-state index is -0.286. The summed E-state index contributed by atoms with van der Waals surface area (Å²) in [6.45, 7) is 7.38. The molecule has 0 spiro atoms. The summed E-state index contributed by atoms with van der Waals surface area (Å²) in [7, 11) is 0. The Hall–Kier alpha value is -1.58. The van der Waals surface area contributed by atoms with E-state index in [-0.39, 0.29) is 36.0 Å².